The van der Waals surface area contributed by atoms with E-state index in [1.54, 1.807) is 12.4 Å². The summed E-state index contributed by atoms with van der Waals surface area (Å²) >= 11 is 0. The average Bonchev–Trinajstić information content (AvgIpc) is 1.88. The smallest absolute Gasteiger partial charge is 0.115 e. The molecule has 1 rings (SSSR count). The van der Waals surface area contributed by atoms with Gasteiger partial charge < -0.3 is 5.32 Å². The zero-order chi connectivity index (χ0) is 7.40. The van der Waals surface area contributed by atoms with Crippen molar-refractivity contribution in [2.75, 3.05) is 5.32 Å². The molecule has 10 heavy (non-hydrogen) atoms. The Morgan fingerprint density at radius 2 is 1.90 bits per heavy atom. The van der Waals surface area contributed by atoms with Gasteiger partial charge in [0.2, 0.25) is 0 Å². The van der Waals surface area contributed by atoms with Gasteiger partial charge in [0.15, 0.2) is 0 Å². The van der Waals surface area contributed by atoms with Crippen LogP contribution in [0.2, 0.25) is 0 Å². The summed E-state index contributed by atoms with van der Waals surface area (Å²) in [4.78, 5) is 7.73. The van der Waals surface area contributed by atoms with Crippen molar-refractivity contribution < 1.29 is 0 Å². The Morgan fingerprint density at radius 1 is 1.30 bits per heavy atom. The third-order valence-corrected chi connectivity index (χ3v) is 1.02. The molecule has 1 aromatic rings. The molecule has 1 aromatic heterocycles. The van der Waals surface area contributed by atoms with Crippen molar-refractivity contribution in [1.29, 1.82) is 0 Å². The van der Waals surface area contributed by atoms with Gasteiger partial charge in [-0.2, -0.15) is 0 Å². The first-order valence-electron chi connectivity index (χ1n) is 3.30. The van der Waals surface area contributed by atoms with Crippen molar-refractivity contribution in [3.63, 3.8) is 0 Å². The van der Waals surface area contributed by atoms with Crippen LogP contribution in [0.4, 0.5) is 5.69 Å². The van der Waals surface area contributed by atoms with Crippen molar-refractivity contribution in [3.05, 3.63) is 18.7 Å². The third-order valence-electron chi connectivity index (χ3n) is 1.02. The van der Waals surface area contributed by atoms with Gasteiger partial charge in [-0.15, -0.1) is 0 Å². The summed E-state index contributed by atoms with van der Waals surface area (Å²) in [6.07, 6.45) is 5.03. The Balaban J connectivity index is 2.59. The second-order valence-corrected chi connectivity index (χ2v) is 2.43. The standard InChI is InChI=1S/C7H11N3/c1-6(2)10-7-3-8-5-9-4-7/h3-6,10H,1-2H3. The molecule has 0 saturated heterocycles. The lowest BCUT2D eigenvalue weighted by Crippen LogP contribution is -2.09. The van der Waals surface area contributed by atoms with Crippen LogP contribution < -0.4 is 5.32 Å². The monoisotopic (exact) mass is 137 g/mol. The van der Waals surface area contributed by atoms with E-state index in [9.17, 15) is 0 Å². The van der Waals surface area contributed by atoms with Gasteiger partial charge in [0.05, 0.1) is 18.1 Å². The van der Waals surface area contributed by atoms with Crippen LogP contribution in [0.1, 0.15) is 13.8 Å². The lowest BCUT2D eigenvalue weighted by Gasteiger charge is -2.07. The SMILES string of the molecule is CC(C)Nc1cncnc1. The van der Waals surface area contributed by atoms with Crippen LogP contribution in [0, 0.1) is 0 Å². The molecule has 0 amide bonds. The van der Waals surface area contributed by atoms with Gasteiger partial charge in [-0.05, 0) is 13.8 Å². The summed E-state index contributed by atoms with van der Waals surface area (Å²) < 4.78 is 0. The second-order valence-electron chi connectivity index (χ2n) is 2.43. The first-order chi connectivity index (χ1) is 4.79. The van der Waals surface area contributed by atoms with Crippen molar-refractivity contribution >= 4 is 5.69 Å². The van der Waals surface area contributed by atoms with Crippen LogP contribution in [0.15, 0.2) is 18.7 Å². The van der Waals surface area contributed by atoms with Gasteiger partial charge in [-0.25, -0.2) is 9.97 Å². The van der Waals surface area contributed by atoms with Gasteiger partial charge in [-0.1, -0.05) is 0 Å². The fourth-order valence-electron chi connectivity index (χ4n) is 0.707. The molecule has 0 aliphatic heterocycles. The molecular weight excluding hydrogens is 126 g/mol. The second kappa shape index (κ2) is 3.15. The first-order valence-corrected chi connectivity index (χ1v) is 3.30. The average molecular weight is 137 g/mol. The molecular formula is C7H11N3. The fourth-order valence-corrected chi connectivity index (χ4v) is 0.707. The quantitative estimate of drug-likeness (QED) is 0.667. The molecule has 3 heteroatoms. The molecule has 54 valence electrons. The van der Waals surface area contributed by atoms with Crippen LogP contribution >= 0.6 is 0 Å². The molecule has 0 unspecified atom stereocenters. The maximum absolute atomic E-state index is 3.86. The molecule has 0 atom stereocenters. The number of anilines is 1. The van der Waals surface area contributed by atoms with Crippen molar-refractivity contribution in [2.45, 2.75) is 19.9 Å². The lowest BCUT2D eigenvalue weighted by atomic mass is 10.4. The summed E-state index contributed by atoms with van der Waals surface area (Å²) in [6.45, 7) is 4.15. The Labute approximate surface area is 60.5 Å². The van der Waals surface area contributed by atoms with Gasteiger partial charge in [0, 0.05) is 6.04 Å². The van der Waals surface area contributed by atoms with Crippen LogP contribution in [0.25, 0.3) is 0 Å². The molecule has 0 radical (unpaired) electrons. The number of hydrogen-bond donors (Lipinski definition) is 1. The fraction of sp³-hybridized carbons (Fsp3) is 0.429. The largest absolute Gasteiger partial charge is 0.380 e. The van der Waals surface area contributed by atoms with Crippen LogP contribution in [0.3, 0.4) is 0 Å². The normalized spacial score (nSPS) is 9.90. The summed E-state index contributed by atoms with van der Waals surface area (Å²) in [5, 5.41) is 3.18. The Morgan fingerprint density at radius 3 is 2.40 bits per heavy atom. The van der Waals surface area contributed by atoms with E-state index in [0.29, 0.717) is 6.04 Å². The van der Waals surface area contributed by atoms with Crippen molar-refractivity contribution in [2.24, 2.45) is 0 Å². The van der Waals surface area contributed by atoms with Gasteiger partial charge in [-0.3, -0.25) is 0 Å². The lowest BCUT2D eigenvalue weighted by molar-refractivity contribution is 0.894. The number of aromatic nitrogens is 2. The van der Waals surface area contributed by atoms with Gasteiger partial charge >= 0.3 is 0 Å². The zero-order valence-corrected chi connectivity index (χ0v) is 6.20. The van der Waals surface area contributed by atoms with E-state index in [1.807, 2.05) is 0 Å². The molecule has 0 spiro atoms. The van der Waals surface area contributed by atoms with E-state index in [4.69, 9.17) is 0 Å². The van der Waals surface area contributed by atoms with Gasteiger partial charge in [0.25, 0.3) is 0 Å². The van der Waals surface area contributed by atoms with E-state index in [2.05, 4.69) is 29.1 Å². The predicted molar refractivity (Wildman–Crippen MR) is 40.8 cm³/mol. The number of nitrogens with zero attached hydrogens (tertiary/aromatic N) is 2. The van der Waals surface area contributed by atoms with Crippen molar-refractivity contribution in [1.82, 2.24) is 9.97 Å². The number of nitrogens with one attached hydrogen (secondary N) is 1. The summed E-state index contributed by atoms with van der Waals surface area (Å²) in [6, 6.07) is 0.436. The Hall–Kier alpha value is -1.12. The minimum atomic E-state index is 0.436. The highest BCUT2D eigenvalue weighted by atomic mass is 14.9. The Kier molecular flexibility index (Phi) is 2.20. The first kappa shape index (κ1) is 6.99. The highest BCUT2D eigenvalue weighted by Crippen LogP contribution is 2.01. The van der Waals surface area contributed by atoms with Crippen LogP contribution in [-0.2, 0) is 0 Å². The van der Waals surface area contributed by atoms with Crippen LogP contribution in [0.5, 0.6) is 0 Å². The van der Waals surface area contributed by atoms with Crippen molar-refractivity contribution in [3.8, 4) is 0 Å². The van der Waals surface area contributed by atoms with E-state index in [1.165, 1.54) is 6.33 Å². The summed E-state index contributed by atoms with van der Waals surface area (Å²) in [7, 11) is 0. The maximum Gasteiger partial charge on any atom is 0.115 e. The predicted octanol–water partition coefficient (Wildman–Crippen LogP) is 1.30. The minimum absolute atomic E-state index is 0.436. The molecule has 3 nitrogen and oxygen atoms in total. The molecule has 0 fully saturated rings. The number of hydrogen-bond acceptors (Lipinski definition) is 3. The molecule has 0 aliphatic rings. The third kappa shape index (κ3) is 2.01. The topological polar surface area (TPSA) is 37.8 Å². The molecule has 0 aliphatic carbocycles. The summed E-state index contributed by atoms with van der Waals surface area (Å²) in [5.74, 6) is 0. The molecule has 0 bridgehead atoms. The zero-order valence-electron chi connectivity index (χ0n) is 6.20. The van der Waals surface area contributed by atoms with E-state index in [-0.39, 0.29) is 0 Å². The highest BCUT2D eigenvalue weighted by Gasteiger charge is 1.92. The van der Waals surface area contributed by atoms with Gasteiger partial charge in [0.1, 0.15) is 6.33 Å². The maximum atomic E-state index is 3.86. The molecule has 1 heterocycles. The Bertz CT molecular complexity index is 183. The summed E-state index contributed by atoms with van der Waals surface area (Å²) in [5.41, 5.74) is 0.970. The minimum Gasteiger partial charge on any atom is -0.380 e. The van der Waals surface area contributed by atoms with E-state index >= 15 is 0 Å². The van der Waals surface area contributed by atoms with E-state index in [0.717, 1.165) is 5.69 Å². The van der Waals surface area contributed by atoms with E-state index < -0.39 is 0 Å². The molecule has 0 aromatic carbocycles. The molecule has 0 saturated carbocycles. The number of rotatable bonds is 2. The molecule has 1 N–H and O–H groups in total. The highest BCUT2D eigenvalue weighted by molar-refractivity contribution is 5.37. The van der Waals surface area contributed by atoms with Crippen LogP contribution in [-0.4, -0.2) is 16.0 Å².